The van der Waals surface area contributed by atoms with Crippen molar-refractivity contribution in [3.8, 4) is 11.5 Å². The second-order valence-corrected chi connectivity index (χ2v) is 28.1. The fraction of sp³-hybridized carbons (Fsp3) is 0.557. The average Bonchev–Trinajstić information content (AvgIpc) is 1.02. The van der Waals surface area contributed by atoms with E-state index in [-0.39, 0.29) is 32.0 Å². The highest BCUT2D eigenvalue weighted by molar-refractivity contribution is 5.95. The average molecular weight is 1340 g/mol. The van der Waals surface area contributed by atoms with Crippen LogP contribution in [0.5, 0.6) is 11.5 Å². The zero-order valence-electron chi connectivity index (χ0n) is 59.8. The summed E-state index contributed by atoms with van der Waals surface area (Å²) in [7, 11) is 0. The lowest BCUT2D eigenvalue weighted by Crippen LogP contribution is -2.15. The molecular weight excluding hydrogens is 1220 g/mol. The van der Waals surface area contributed by atoms with Gasteiger partial charge >= 0.3 is 24.4 Å². The van der Waals surface area contributed by atoms with Crippen LogP contribution in [0.15, 0.2) is 120 Å². The summed E-state index contributed by atoms with van der Waals surface area (Å²) in [6.45, 7) is 24.6. The molecule has 18 heteroatoms. The maximum atomic E-state index is 13.3. The molecule has 5 rings (SSSR count). The van der Waals surface area contributed by atoms with Crippen molar-refractivity contribution in [3.63, 3.8) is 0 Å². The van der Waals surface area contributed by atoms with E-state index in [1.165, 1.54) is 128 Å². The number of nitrogens with one attached hydrogen (secondary N) is 4. The van der Waals surface area contributed by atoms with E-state index in [1.807, 2.05) is 18.2 Å². The van der Waals surface area contributed by atoms with Crippen LogP contribution in [-0.4, -0.2) is 43.5 Å². The number of hydrogen-bond acceptors (Lipinski definition) is 11. The lowest BCUT2D eigenvalue weighted by Gasteiger charge is -2.17. The quantitative estimate of drug-likeness (QED) is 0.0124. The normalized spacial score (nSPS) is 13.0. The highest BCUT2D eigenvalue weighted by Gasteiger charge is 2.16. The first-order chi connectivity index (χ1) is 46.7. The van der Waals surface area contributed by atoms with Crippen LogP contribution >= 0.6 is 0 Å². The van der Waals surface area contributed by atoms with Crippen molar-refractivity contribution in [2.24, 2.45) is 52.5 Å². The van der Waals surface area contributed by atoms with E-state index >= 15 is 0 Å². The number of benzene rings is 5. The summed E-state index contributed by atoms with van der Waals surface area (Å²) in [6, 6.07) is 31.9. The number of ether oxygens (including phenoxy) is 6. The predicted molar refractivity (Wildman–Crippen MR) is 389 cm³/mol. The molecule has 0 fully saturated rings. The van der Waals surface area contributed by atoms with Gasteiger partial charge in [-0.25, -0.2) is 19.2 Å². The second kappa shape index (κ2) is 45.3. The van der Waals surface area contributed by atoms with Crippen molar-refractivity contribution in [1.82, 2.24) is 0 Å². The second-order valence-electron chi connectivity index (χ2n) is 28.1. The van der Waals surface area contributed by atoms with Crippen LogP contribution in [0.1, 0.15) is 230 Å². The highest BCUT2D eigenvalue weighted by atomic mass is 16.6. The molecule has 0 aliphatic carbocycles. The Bertz CT molecular complexity index is 3070. The van der Waals surface area contributed by atoms with Gasteiger partial charge in [0.2, 0.25) is 5.91 Å². The minimum absolute atomic E-state index is 0.00840. The van der Waals surface area contributed by atoms with E-state index in [0.29, 0.717) is 81.6 Å². The summed E-state index contributed by atoms with van der Waals surface area (Å²) < 4.78 is 34.5. The molecule has 97 heavy (non-hydrogen) atoms. The standard InChI is InChI=1S/C79H113N7O11/c1-56(2)17-11-19-58(5)21-13-23-60(7)25-15-27-62(9)45-47-92-73-49-72(50-74(51-73)93-48-46-63(10)28-16-26-61(8)24-14-22-59(6)20-12-18-57(3)4)84-79(91)97-55-67-35-43-71(44-36-67)83-78(90)96-54-66-33-41-70(42-34-66)82-77(89)95-53-65-31-39-69(40-32-65)81-76(88)94-52-64-29-37-68(38-30-64)75(87)85-86-80/h29-44,49-51,56-63H,11-28,45-48,52-55H2,1-10H3,(H,81,88)(H,82,89)(H,83,90)(H,84,91)/t58-,59-,60-,61-,62?,63?/m1/s1. The van der Waals surface area contributed by atoms with Crippen molar-refractivity contribution in [2.75, 3.05) is 34.5 Å². The van der Waals surface area contributed by atoms with E-state index in [2.05, 4.69) is 101 Å². The first-order valence-corrected chi connectivity index (χ1v) is 35.8. The van der Waals surface area contributed by atoms with Crippen molar-refractivity contribution in [2.45, 2.75) is 224 Å². The first-order valence-electron chi connectivity index (χ1n) is 35.8. The summed E-state index contributed by atoms with van der Waals surface area (Å²) >= 11 is 0. The Labute approximate surface area is 578 Å². The molecule has 530 valence electrons. The van der Waals surface area contributed by atoms with Gasteiger partial charge in [-0.05, 0) is 129 Å². The van der Waals surface area contributed by atoms with Gasteiger partial charge in [0.25, 0.3) is 0 Å². The smallest absolute Gasteiger partial charge is 0.411 e. The Balaban J connectivity index is 1.01. The summed E-state index contributed by atoms with van der Waals surface area (Å²) in [5.41, 5.74) is 13.3. The molecular formula is C79H113N7O11. The molecule has 5 amide bonds. The highest BCUT2D eigenvalue weighted by Crippen LogP contribution is 2.30. The van der Waals surface area contributed by atoms with Crippen LogP contribution in [0.3, 0.4) is 0 Å². The molecule has 5 aromatic rings. The summed E-state index contributed by atoms with van der Waals surface area (Å²) in [4.78, 5) is 65.2. The van der Waals surface area contributed by atoms with Gasteiger partial charge in [-0.15, -0.1) is 0 Å². The van der Waals surface area contributed by atoms with Gasteiger partial charge in [0, 0.05) is 45.7 Å². The maximum Gasteiger partial charge on any atom is 0.411 e. The number of hydrogen-bond donors (Lipinski definition) is 4. The van der Waals surface area contributed by atoms with E-state index in [9.17, 15) is 24.0 Å². The predicted octanol–water partition coefficient (Wildman–Crippen LogP) is 22.8. The largest absolute Gasteiger partial charge is 0.493 e. The fourth-order valence-corrected chi connectivity index (χ4v) is 11.5. The van der Waals surface area contributed by atoms with E-state index in [0.717, 1.165) is 48.3 Å². The lowest BCUT2D eigenvalue weighted by molar-refractivity contribution is 0.0999. The van der Waals surface area contributed by atoms with Crippen LogP contribution in [0, 0.1) is 47.3 Å². The Morgan fingerprint density at radius 2 is 0.608 bits per heavy atom. The lowest BCUT2D eigenvalue weighted by atomic mass is 9.91. The third kappa shape index (κ3) is 35.5. The monoisotopic (exact) mass is 1340 g/mol. The van der Waals surface area contributed by atoms with Gasteiger partial charge in [0.1, 0.15) is 37.9 Å². The zero-order chi connectivity index (χ0) is 70.2. The van der Waals surface area contributed by atoms with Gasteiger partial charge < -0.3 is 28.4 Å². The molecule has 0 saturated carbocycles. The third-order valence-electron chi connectivity index (χ3n) is 17.8. The molecule has 0 bridgehead atoms. The number of rotatable bonds is 45. The molecule has 4 N–H and O–H groups in total. The van der Waals surface area contributed by atoms with Crippen LogP contribution in [0.25, 0.3) is 10.4 Å². The van der Waals surface area contributed by atoms with E-state index in [4.69, 9.17) is 34.0 Å². The van der Waals surface area contributed by atoms with Crippen LogP contribution in [0.4, 0.5) is 41.9 Å². The first kappa shape index (κ1) is 79.4. The Kier molecular flexibility index (Phi) is 37.1. The molecule has 0 spiro atoms. The molecule has 0 saturated heterocycles. The van der Waals surface area contributed by atoms with Crippen molar-refractivity contribution < 1.29 is 52.4 Å². The molecule has 18 nitrogen and oxygen atoms in total. The van der Waals surface area contributed by atoms with Crippen molar-refractivity contribution >= 4 is 53.0 Å². The molecule has 0 aliphatic rings. The van der Waals surface area contributed by atoms with Crippen LogP contribution in [-0.2, 0) is 45.4 Å². The SMILES string of the molecule is CC(C)CCC[C@@H](C)CCC[C@@H](C)CCCC(C)CCOc1cc(NC(=O)OCc2ccc(NC(=O)OCc3ccc(NC(=O)OCc4ccc(NC(=O)OCc5ccc(C(=O)N=[N+]=[N-])cc5)cc4)cc3)cc2)cc(OCCC(C)CCC[C@H](C)CCC[C@H](C)CCCC(C)C)c1. The van der Waals surface area contributed by atoms with E-state index < -0.39 is 30.3 Å². The van der Waals surface area contributed by atoms with Crippen LogP contribution < -0.4 is 30.7 Å². The van der Waals surface area contributed by atoms with Gasteiger partial charge in [-0.1, -0.05) is 245 Å². The molecule has 2 unspecified atom stereocenters. The molecule has 0 aromatic heterocycles. The van der Waals surface area contributed by atoms with Crippen molar-refractivity contribution in [3.05, 3.63) is 154 Å². The Morgan fingerprint density at radius 1 is 0.351 bits per heavy atom. The number of anilines is 4. The molecule has 0 aliphatic heterocycles. The third-order valence-corrected chi connectivity index (χ3v) is 17.8. The molecule has 0 heterocycles. The minimum Gasteiger partial charge on any atom is -0.493 e. The van der Waals surface area contributed by atoms with E-state index in [1.54, 1.807) is 84.9 Å². The summed E-state index contributed by atoms with van der Waals surface area (Å²) in [5.74, 6) is 6.36. The number of azide groups is 1. The fourth-order valence-electron chi connectivity index (χ4n) is 11.5. The molecule has 6 atom stereocenters. The molecule has 5 aromatic carbocycles. The number of carbonyl (C=O) groups excluding carboxylic acids is 5. The minimum atomic E-state index is -0.710. The molecule has 0 radical (unpaired) electrons. The topological polar surface area (TPSA) is 238 Å². The Morgan fingerprint density at radius 3 is 0.887 bits per heavy atom. The number of amides is 5. The number of carbonyl (C=O) groups is 5. The maximum absolute atomic E-state index is 13.3. The van der Waals surface area contributed by atoms with Crippen molar-refractivity contribution in [1.29, 1.82) is 0 Å². The summed E-state index contributed by atoms with van der Waals surface area (Å²) in [5, 5.41) is 13.9. The van der Waals surface area contributed by atoms with Gasteiger partial charge in [-0.2, -0.15) is 0 Å². The summed E-state index contributed by atoms with van der Waals surface area (Å²) in [6.07, 6.45) is 22.6. The van der Waals surface area contributed by atoms with Crippen LogP contribution in [0.2, 0.25) is 0 Å². The van der Waals surface area contributed by atoms with Gasteiger partial charge in [0.05, 0.1) is 18.9 Å². The van der Waals surface area contributed by atoms with Gasteiger partial charge in [0.15, 0.2) is 0 Å². The number of nitrogens with zero attached hydrogens (tertiary/aromatic N) is 3. The van der Waals surface area contributed by atoms with Gasteiger partial charge in [-0.3, -0.25) is 26.1 Å². The zero-order valence-corrected chi connectivity index (χ0v) is 59.8. The Hall–Kier alpha value is -8.24.